The number of nitrogens with two attached hydrogens (primary N) is 1. The van der Waals surface area contributed by atoms with Crippen LogP contribution in [-0.2, 0) is 4.79 Å². The molecule has 0 saturated heterocycles. The van der Waals surface area contributed by atoms with Gasteiger partial charge in [0, 0.05) is 11.0 Å². The van der Waals surface area contributed by atoms with Crippen molar-refractivity contribution >= 4 is 5.78 Å². The first-order valence-corrected chi connectivity index (χ1v) is 12.2. The molecule has 3 aliphatic rings. The van der Waals surface area contributed by atoms with Crippen LogP contribution < -0.4 is 5.73 Å². The summed E-state index contributed by atoms with van der Waals surface area (Å²) >= 11 is 0. The summed E-state index contributed by atoms with van der Waals surface area (Å²) in [6.07, 6.45) is 17.7. The Labute approximate surface area is 189 Å². The Morgan fingerprint density at radius 2 is 1.74 bits per heavy atom. The fraction of sp³-hybridized carbons (Fsp3) is 0.679. The Morgan fingerprint density at radius 3 is 2.45 bits per heavy atom. The normalized spacial score (nSPS) is 45.2. The van der Waals surface area contributed by atoms with Gasteiger partial charge in [-0.25, -0.2) is 0 Å². The van der Waals surface area contributed by atoms with Gasteiger partial charge in [-0.2, -0.15) is 0 Å². The molecule has 2 saturated carbocycles. The molecule has 0 spiro atoms. The van der Waals surface area contributed by atoms with Crippen LogP contribution in [-0.4, -0.2) is 16.4 Å². The Bertz CT molecular complexity index is 830. The quantitative estimate of drug-likeness (QED) is 0.448. The third kappa shape index (κ3) is 5.08. The molecule has 31 heavy (non-hydrogen) atoms. The van der Waals surface area contributed by atoms with Gasteiger partial charge in [0.15, 0.2) is 5.76 Å². The van der Waals surface area contributed by atoms with Gasteiger partial charge in [-0.3, -0.25) is 4.79 Å². The van der Waals surface area contributed by atoms with E-state index in [-0.39, 0.29) is 22.5 Å². The number of hydrogen-bond donors (Lipinski definition) is 2. The highest BCUT2D eigenvalue weighted by molar-refractivity contribution is 6.02. The zero-order valence-corrected chi connectivity index (χ0v) is 20.5. The zero-order valence-electron chi connectivity index (χ0n) is 20.5. The summed E-state index contributed by atoms with van der Waals surface area (Å²) in [6.45, 7) is 13.5. The van der Waals surface area contributed by atoms with Crippen molar-refractivity contribution in [3.8, 4) is 0 Å². The summed E-state index contributed by atoms with van der Waals surface area (Å²) in [5.41, 5.74) is 8.74. The molecule has 3 aliphatic carbocycles. The van der Waals surface area contributed by atoms with Crippen LogP contribution in [0.1, 0.15) is 86.5 Å². The van der Waals surface area contributed by atoms with Crippen LogP contribution in [0.15, 0.2) is 47.3 Å². The minimum atomic E-state index is -0.304. The van der Waals surface area contributed by atoms with Crippen molar-refractivity contribution in [3.05, 3.63) is 47.3 Å². The number of ketones is 1. The van der Waals surface area contributed by atoms with Gasteiger partial charge < -0.3 is 10.8 Å². The van der Waals surface area contributed by atoms with Gasteiger partial charge in [0.05, 0.1) is 0 Å². The van der Waals surface area contributed by atoms with Crippen LogP contribution in [0.5, 0.6) is 0 Å². The highest BCUT2D eigenvalue weighted by atomic mass is 16.3. The average molecular weight is 426 g/mol. The standard InChI is InChI=1S/C28H43NO2/c1-19-10-14-27(5)16-17-28(6,29)18-23(27)20(2)11-13-26(4)15-12-24(30)25(31)21(3)8-7-9-22(19)26/h7-9,12,15,19-20,23,31H,10-11,13-14,16-18,29H2,1-6H3/b8-7?,15-12+,22-9+,25-21?/t19-,20+,23-,26-,27-,28+/m0/s1. The number of rotatable bonds is 0. The Hall–Kier alpha value is -1.61. The van der Waals surface area contributed by atoms with Crippen LogP contribution in [0.4, 0.5) is 0 Å². The highest BCUT2D eigenvalue weighted by Gasteiger charge is 2.46. The smallest absolute Gasteiger partial charge is 0.220 e. The van der Waals surface area contributed by atoms with Gasteiger partial charge in [-0.15, -0.1) is 0 Å². The predicted molar refractivity (Wildman–Crippen MR) is 130 cm³/mol. The number of aliphatic hydroxyl groups is 1. The minimum absolute atomic E-state index is 0.0572. The van der Waals surface area contributed by atoms with Gasteiger partial charge in [0.1, 0.15) is 0 Å². The highest BCUT2D eigenvalue weighted by Crippen LogP contribution is 2.54. The van der Waals surface area contributed by atoms with Gasteiger partial charge in [-0.1, -0.05) is 57.6 Å². The largest absolute Gasteiger partial charge is 0.504 e. The third-order valence-electron chi connectivity index (χ3n) is 8.82. The fourth-order valence-electron chi connectivity index (χ4n) is 6.39. The Kier molecular flexibility index (Phi) is 6.77. The lowest BCUT2D eigenvalue weighted by molar-refractivity contribution is -0.113. The summed E-state index contributed by atoms with van der Waals surface area (Å²) < 4.78 is 0. The van der Waals surface area contributed by atoms with Crippen LogP contribution in [0.3, 0.4) is 0 Å². The van der Waals surface area contributed by atoms with E-state index in [1.165, 1.54) is 18.4 Å². The summed E-state index contributed by atoms with van der Waals surface area (Å²) in [5.74, 6) is 1.20. The number of aliphatic hydroxyl groups excluding tert-OH is 1. The SMILES string of the molecule is CC1=C(O)C(=O)/C=C/[C@]2(C)CC[C@@H](C)[C@@H]3C[C@](C)(N)CC[C@]3(C)CC[C@H](C)/C2=C\C=C1. The fourth-order valence-corrected chi connectivity index (χ4v) is 6.39. The van der Waals surface area contributed by atoms with Gasteiger partial charge >= 0.3 is 0 Å². The second-order valence-electron chi connectivity index (χ2n) is 11.7. The van der Waals surface area contributed by atoms with Crippen molar-refractivity contribution < 1.29 is 9.90 Å². The van der Waals surface area contributed by atoms with E-state index in [2.05, 4.69) is 46.8 Å². The molecule has 3 nitrogen and oxygen atoms in total. The molecule has 0 aromatic heterocycles. The monoisotopic (exact) mass is 425 g/mol. The molecule has 3 heteroatoms. The molecule has 0 aromatic rings. The first kappa shape index (κ1) is 24.0. The first-order valence-electron chi connectivity index (χ1n) is 12.2. The molecule has 6 atom stereocenters. The predicted octanol–water partition coefficient (Wildman–Crippen LogP) is 6.82. The maximum atomic E-state index is 12.5. The molecule has 2 fully saturated rings. The van der Waals surface area contributed by atoms with E-state index in [0.29, 0.717) is 28.7 Å². The number of carbonyl (C=O) groups is 1. The summed E-state index contributed by atoms with van der Waals surface area (Å²) in [7, 11) is 0. The molecule has 0 aromatic carbocycles. The first-order chi connectivity index (χ1) is 14.4. The molecule has 3 rings (SSSR count). The van der Waals surface area contributed by atoms with Gasteiger partial charge in [0.25, 0.3) is 0 Å². The van der Waals surface area contributed by atoms with E-state index in [0.717, 1.165) is 32.1 Å². The van der Waals surface area contributed by atoms with Gasteiger partial charge in [0.2, 0.25) is 5.78 Å². The van der Waals surface area contributed by atoms with E-state index in [1.807, 2.05) is 12.2 Å². The molecule has 3 N–H and O–H groups in total. The van der Waals surface area contributed by atoms with E-state index in [4.69, 9.17) is 5.73 Å². The molecular weight excluding hydrogens is 382 g/mol. The van der Waals surface area contributed by atoms with Gasteiger partial charge in [-0.05, 0) is 93.6 Å². The van der Waals surface area contributed by atoms with Crippen LogP contribution >= 0.6 is 0 Å². The van der Waals surface area contributed by atoms with Crippen molar-refractivity contribution in [1.82, 2.24) is 0 Å². The van der Waals surface area contributed by atoms with Crippen molar-refractivity contribution in [1.29, 1.82) is 0 Å². The molecule has 0 bridgehead atoms. The molecule has 0 radical (unpaired) electrons. The average Bonchev–Trinajstić information content (AvgIpc) is 2.71. The maximum absolute atomic E-state index is 12.5. The summed E-state index contributed by atoms with van der Waals surface area (Å²) in [6, 6.07) is 0. The van der Waals surface area contributed by atoms with Crippen molar-refractivity contribution in [2.75, 3.05) is 0 Å². The number of carbonyl (C=O) groups excluding carboxylic acids is 1. The lowest BCUT2D eigenvalue weighted by Crippen LogP contribution is -2.50. The van der Waals surface area contributed by atoms with Crippen molar-refractivity contribution in [3.63, 3.8) is 0 Å². The van der Waals surface area contributed by atoms with E-state index < -0.39 is 0 Å². The van der Waals surface area contributed by atoms with Crippen LogP contribution in [0, 0.1) is 28.6 Å². The molecule has 0 aliphatic heterocycles. The van der Waals surface area contributed by atoms with Crippen LogP contribution in [0.2, 0.25) is 0 Å². The maximum Gasteiger partial charge on any atom is 0.220 e. The minimum Gasteiger partial charge on any atom is -0.504 e. The number of fused-ring (bicyclic) bond motifs is 2. The summed E-state index contributed by atoms with van der Waals surface area (Å²) in [4.78, 5) is 12.5. The second kappa shape index (κ2) is 8.73. The molecule has 0 amide bonds. The second-order valence-corrected chi connectivity index (χ2v) is 11.7. The van der Waals surface area contributed by atoms with E-state index >= 15 is 0 Å². The number of allylic oxidation sites excluding steroid dienone is 7. The Balaban J connectivity index is 2.01. The van der Waals surface area contributed by atoms with Crippen molar-refractivity contribution in [2.24, 2.45) is 34.3 Å². The number of hydrogen-bond acceptors (Lipinski definition) is 3. The van der Waals surface area contributed by atoms with E-state index in [1.54, 1.807) is 13.0 Å². The van der Waals surface area contributed by atoms with Crippen LogP contribution in [0.25, 0.3) is 0 Å². The molecule has 0 heterocycles. The molecular formula is C28H43NO2. The Morgan fingerprint density at radius 1 is 1.03 bits per heavy atom. The lowest BCUT2D eigenvalue weighted by atomic mass is 9.55. The van der Waals surface area contributed by atoms with E-state index in [9.17, 15) is 9.90 Å². The zero-order chi connectivity index (χ0) is 23.0. The molecule has 0 unspecified atom stereocenters. The molecule has 172 valence electrons. The van der Waals surface area contributed by atoms with Crippen molar-refractivity contribution in [2.45, 2.75) is 92.0 Å². The summed E-state index contributed by atoms with van der Waals surface area (Å²) in [5, 5.41) is 10.2. The third-order valence-corrected chi connectivity index (χ3v) is 8.82. The topological polar surface area (TPSA) is 63.3 Å². The lowest BCUT2D eigenvalue weighted by Gasteiger charge is -2.52.